The molecule has 3 aromatic carbocycles. The molecule has 160 valence electrons. The molecule has 0 atom stereocenters. The van der Waals surface area contributed by atoms with Crippen LogP contribution in [0.2, 0.25) is 0 Å². The van der Waals surface area contributed by atoms with Gasteiger partial charge in [-0.25, -0.2) is 0 Å². The normalized spacial score (nSPS) is 10.3. The number of benzene rings is 3. The SMILES string of the molecule is CN(C)C(=O)c1cccc(NCC(=O)Nc2cccc(OCCc3ccccc3)c2)c1. The van der Waals surface area contributed by atoms with Gasteiger partial charge in [-0.3, -0.25) is 9.59 Å². The van der Waals surface area contributed by atoms with Gasteiger partial charge in [-0.05, 0) is 35.9 Å². The molecule has 0 heterocycles. The van der Waals surface area contributed by atoms with Crippen molar-refractivity contribution >= 4 is 23.2 Å². The monoisotopic (exact) mass is 417 g/mol. The van der Waals surface area contributed by atoms with Crippen molar-refractivity contribution in [2.24, 2.45) is 0 Å². The van der Waals surface area contributed by atoms with E-state index in [1.807, 2.05) is 42.5 Å². The predicted molar refractivity (Wildman–Crippen MR) is 124 cm³/mol. The minimum absolute atomic E-state index is 0.0820. The molecule has 0 aromatic heterocycles. The molecule has 2 amide bonds. The number of amides is 2. The van der Waals surface area contributed by atoms with Gasteiger partial charge in [0.25, 0.3) is 5.91 Å². The number of nitrogens with one attached hydrogen (secondary N) is 2. The molecule has 0 saturated carbocycles. The van der Waals surface area contributed by atoms with E-state index < -0.39 is 0 Å². The largest absolute Gasteiger partial charge is 0.493 e. The Morgan fingerprint density at radius 2 is 1.61 bits per heavy atom. The fourth-order valence-electron chi connectivity index (χ4n) is 3.00. The molecule has 6 nitrogen and oxygen atoms in total. The van der Waals surface area contributed by atoms with Crippen molar-refractivity contribution in [1.82, 2.24) is 4.90 Å². The number of nitrogens with zero attached hydrogens (tertiary/aromatic N) is 1. The van der Waals surface area contributed by atoms with E-state index in [4.69, 9.17) is 4.74 Å². The van der Waals surface area contributed by atoms with Crippen LogP contribution in [-0.4, -0.2) is 44.0 Å². The summed E-state index contributed by atoms with van der Waals surface area (Å²) in [6.45, 7) is 0.643. The average molecular weight is 418 g/mol. The maximum absolute atomic E-state index is 12.3. The van der Waals surface area contributed by atoms with Gasteiger partial charge in [-0.1, -0.05) is 42.5 Å². The lowest BCUT2D eigenvalue weighted by atomic mass is 10.2. The number of carbonyl (C=O) groups is 2. The van der Waals surface area contributed by atoms with Crippen molar-refractivity contribution in [3.8, 4) is 5.75 Å². The Labute approximate surface area is 182 Å². The van der Waals surface area contributed by atoms with E-state index in [9.17, 15) is 9.59 Å². The third-order valence-corrected chi connectivity index (χ3v) is 4.59. The van der Waals surface area contributed by atoms with Gasteiger partial charge in [0.15, 0.2) is 0 Å². The molecule has 0 unspecified atom stereocenters. The molecule has 31 heavy (non-hydrogen) atoms. The van der Waals surface area contributed by atoms with Gasteiger partial charge in [-0.2, -0.15) is 0 Å². The molecule has 0 aliphatic carbocycles. The second kappa shape index (κ2) is 10.8. The molecule has 6 heteroatoms. The molecular formula is C25H27N3O3. The zero-order chi connectivity index (χ0) is 22.1. The van der Waals surface area contributed by atoms with Crippen LogP contribution < -0.4 is 15.4 Å². The van der Waals surface area contributed by atoms with Crippen molar-refractivity contribution in [2.45, 2.75) is 6.42 Å². The number of hydrogen-bond donors (Lipinski definition) is 2. The predicted octanol–water partition coefficient (Wildman–Crippen LogP) is 4.06. The maximum atomic E-state index is 12.3. The standard InChI is InChI=1S/C25H27N3O3/c1-28(2)25(30)20-10-6-11-21(16-20)26-18-24(29)27-22-12-7-13-23(17-22)31-15-14-19-8-4-3-5-9-19/h3-13,16-17,26H,14-15,18H2,1-2H3,(H,27,29). The van der Waals surface area contributed by atoms with E-state index in [1.54, 1.807) is 38.4 Å². The van der Waals surface area contributed by atoms with E-state index in [0.29, 0.717) is 29.3 Å². The second-order valence-corrected chi connectivity index (χ2v) is 7.29. The Kier molecular flexibility index (Phi) is 7.65. The highest BCUT2D eigenvalue weighted by molar-refractivity contribution is 5.96. The summed E-state index contributed by atoms with van der Waals surface area (Å²) in [5.74, 6) is 0.430. The van der Waals surface area contributed by atoms with Gasteiger partial charge < -0.3 is 20.3 Å². The summed E-state index contributed by atoms with van der Waals surface area (Å²) >= 11 is 0. The van der Waals surface area contributed by atoms with Crippen LogP contribution in [-0.2, 0) is 11.2 Å². The zero-order valence-corrected chi connectivity index (χ0v) is 17.8. The van der Waals surface area contributed by atoms with E-state index in [0.717, 1.165) is 6.42 Å². The highest BCUT2D eigenvalue weighted by Crippen LogP contribution is 2.18. The smallest absolute Gasteiger partial charge is 0.253 e. The third-order valence-electron chi connectivity index (χ3n) is 4.59. The molecule has 0 spiro atoms. The Morgan fingerprint density at radius 1 is 0.871 bits per heavy atom. The quantitative estimate of drug-likeness (QED) is 0.551. The van der Waals surface area contributed by atoms with Crippen molar-refractivity contribution in [1.29, 1.82) is 0 Å². The number of carbonyl (C=O) groups excluding carboxylic acids is 2. The summed E-state index contributed by atoms with van der Waals surface area (Å²) < 4.78 is 5.81. The molecule has 3 aromatic rings. The van der Waals surface area contributed by atoms with Gasteiger partial charge in [0.2, 0.25) is 5.91 Å². The van der Waals surface area contributed by atoms with Crippen LogP contribution in [0, 0.1) is 0 Å². The van der Waals surface area contributed by atoms with Crippen molar-refractivity contribution < 1.29 is 14.3 Å². The van der Waals surface area contributed by atoms with E-state index in [2.05, 4.69) is 22.8 Å². The molecule has 0 fully saturated rings. The van der Waals surface area contributed by atoms with Crippen LogP contribution in [0.25, 0.3) is 0 Å². The van der Waals surface area contributed by atoms with Gasteiger partial charge in [0, 0.05) is 43.5 Å². The Hall–Kier alpha value is -3.80. The molecule has 0 saturated heterocycles. The Bertz CT molecular complexity index is 1020. The zero-order valence-electron chi connectivity index (χ0n) is 17.8. The van der Waals surface area contributed by atoms with Crippen LogP contribution in [0.5, 0.6) is 5.75 Å². The minimum Gasteiger partial charge on any atom is -0.493 e. The Balaban J connectivity index is 1.49. The summed E-state index contributed by atoms with van der Waals surface area (Å²) in [7, 11) is 3.41. The second-order valence-electron chi connectivity index (χ2n) is 7.29. The van der Waals surface area contributed by atoms with Gasteiger partial charge in [-0.15, -0.1) is 0 Å². The van der Waals surface area contributed by atoms with Crippen LogP contribution >= 0.6 is 0 Å². The van der Waals surface area contributed by atoms with Crippen molar-refractivity contribution in [3.05, 3.63) is 90.0 Å². The van der Waals surface area contributed by atoms with E-state index in [1.165, 1.54) is 10.5 Å². The van der Waals surface area contributed by atoms with Gasteiger partial charge in [0.1, 0.15) is 5.75 Å². The van der Waals surface area contributed by atoms with Crippen LogP contribution in [0.4, 0.5) is 11.4 Å². The summed E-state index contributed by atoms with van der Waals surface area (Å²) in [6.07, 6.45) is 0.816. The van der Waals surface area contributed by atoms with Crippen LogP contribution in [0.3, 0.4) is 0 Å². The molecule has 2 N–H and O–H groups in total. The van der Waals surface area contributed by atoms with Gasteiger partial charge in [0.05, 0.1) is 13.2 Å². The molecule has 0 bridgehead atoms. The first-order valence-corrected chi connectivity index (χ1v) is 10.1. The van der Waals surface area contributed by atoms with Crippen molar-refractivity contribution in [2.75, 3.05) is 37.9 Å². The number of rotatable bonds is 9. The summed E-state index contributed by atoms with van der Waals surface area (Å²) in [5, 5.41) is 5.91. The van der Waals surface area contributed by atoms with Crippen LogP contribution in [0.1, 0.15) is 15.9 Å². The summed E-state index contributed by atoms with van der Waals surface area (Å²) in [5.41, 5.74) is 3.16. The molecular weight excluding hydrogens is 390 g/mol. The van der Waals surface area contributed by atoms with Crippen molar-refractivity contribution in [3.63, 3.8) is 0 Å². The maximum Gasteiger partial charge on any atom is 0.253 e. The lowest BCUT2D eigenvalue weighted by molar-refractivity contribution is -0.114. The molecule has 0 radical (unpaired) electrons. The lowest BCUT2D eigenvalue weighted by Gasteiger charge is -2.12. The van der Waals surface area contributed by atoms with E-state index in [-0.39, 0.29) is 18.4 Å². The van der Waals surface area contributed by atoms with Gasteiger partial charge >= 0.3 is 0 Å². The lowest BCUT2D eigenvalue weighted by Crippen LogP contribution is -2.23. The molecule has 0 aliphatic heterocycles. The first kappa shape index (κ1) is 21.9. The fourth-order valence-corrected chi connectivity index (χ4v) is 3.00. The Morgan fingerprint density at radius 3 is 2.39 bits per heavy atom. The summed E-state index contributed by atoms with van der Waals surface area (Å²) in [4.78, 5) is 25.9. The topological polar surface area (TPSA) is 70.7 Å². The highest BCUT2D eigenvalue weighted by atomic mass is 16.5. The molecule has 0 aliphatic rings. The average Bonchev–Trinajstić information content (AvgIpc) is 2.78. The highest BCUT2D eigenvalue weighted by Gasteiger charge is 2.09. The molecule has 3 rings (SSSR count). The number of ether oxygens (including phenoxy) is 1. The fraction of sp³-hybridized carbons (Fsp3) is 0.200. The van der Waals surface area contributed by atoms with E-state index >= 15 is 0 Å². The first-order valence-electron chi connectivity index (χ1n) is 10.1. The number of anilines is 2. The minimum atomic E-state index is -0.189. The summed E-state index contributed by atoms with van der Waals surface area (Å²) in [6, 6.07) is 24.6. The number of hydrogen-bond acceptors (Lipinski definition) is 4. The first-order chi connectivity index (χ1) is 15.0. The third kappa shape index (κ3) is 6.89. The van der Waals surface area contributed by atoms with Crippen LogP contribution in [0.15, 0.2) is 78.9 Å².